The molecule has 0 aliphatic carbocycles. The molecule has 1 aromatic rings. The molecule has 0 bridgehead atoms. The molecule has 0 aromatic carbocycles. The zero-order valence-electron chi connectivity index (χ0n) is 12.1. The van der Waals surface area contributed by atoms with E-state index in [4.69, 9.17) is 11.6 Å². The second kappa shape index (κ2) is 6.32. The van der Waals surface area contributed by atoms with Gasteiger partial charge in [0.2, 0.25) is 0 Å². The van der Waals surface area contributed by atoms with E-state index in [1.54, 1.807) is 10.4 Å². The SMILES string of the molecule is Cc1cc(S(=O)(=O)N2CCN(C(C)C)CC2)sc1CCl. The van der Waals surface area contributed by atoms with E-state index in [2.05, 4.69) is 18.7 Å². The van der Waals surface area contributed by atoms with Crippen LogP contribution < -0.4 is 0 Å². The molecule has 0 amide bonds. The quantitative estimate of drug-likeness (QED) is 0.793. The van der Waals surface area contributed by atoms with E-state index in [1.807, 2.05) is 6.92 Å². The number of hydrogen-bond donors (Lipinski definition) is 0. The molecule has 0 N–H and O–H groups in total. The van der Waals surface area contributed by atoms with Crippen molar-refractivity contribution in [3.05, 3.63) is 16.5 Å². The molecule has 2 rings (SSSR count). The smallest absolute Gasteiger partial charge is 0.252 e. The molecule has 0 radical (unpaired) electrons. The Hall–Kier alpha value is -0.140. The first-order valence-electron chi connectivity index (χ1n) is 6.75. The second-order valence-electron chi connectivity index (χ2n) is 5.34. The van der Waals surface area contributed by atoms with Gasteiger partial charge in [-0.1, -0.05) is 0 Å². The summed E-state index contributed by atoms with van der Waals surface area (Å²) in [5, 5.41) is 0. The topological polar surface area (TPSA) is 40.6 Å². The first-order chi connectivity index (χ1) is 9.36. The van der Waals surface area contributed by atoms with Crippen LogP contribution in [-0.4, -0.2) is 49.8 Å². The molecular weight excluding hydrogens is 316 g/mol. The molecule has 7 heteroatoms. The Morgan fingerprint density at radius 2 is 1.90 bits per heavy atom. The third-order valence-electron chi connectivity index (χ3n) is 3.72. The monoisotopic (exact) mass is 336 g/mol. The molecule has 0 unspecified atom stereocenters. The molecule has 1 saturated heterocycles. The van der Waals surface area contributed by atoms with Crippen molar-refractivity contribution in [1.82, 2.24) is 9.21 Å². The fourth-order valence-electron chi connectivity index (χ4n) is 2.34. The highest BCUT2D eigenvalue weighted by molar-refractivity contribution is 7.91. The summed E-state index contributed by atoms with van der Waals surface area (Å²) >= 11 is 7.12. The summed E-state index contributed by atoms with van der Waals surface area (Å²) in [6, 6.07) is 2.21. The maximum Gasteiger partial charge on any atom is 0.252 e. The highest BCUT2D eigenvalue weighted by Gasteiger charge is 2.30. The highest BCUT2D eigenvalue weighted by atomic mass is 35.5. The molecule has 1 aromatic heterocycles. The first-order valence-corrected chi connectivity index (χ1v) is 9.55. The second-order valence-corrected chi connectivity index (χ2v) is 8.91. The number of halogens is 1. The van der Waals surface area contributed by atoms with Crippen molar-refractivity contribution in [3.63, 3.8) is 0 Å². The van der Waals surface area contributed by atoms with Crippen molar-refractivity contribution in [2.75, 3.05) is 26.2 Å². The Bertz CT molecular complexity index is 561. The van der Waals surface area contributed by atoms with Crippen molar-refractivity contribution >= 4 is 33.0 Å². The predicted molar refractivity (Wildman–Crippen MR) is 84.1 cm³/mol. The third-order valence-corrected chi connectivity index (χ3v) is 7.73. The van der Waals surface area contributed by atoms with Gasteiger partial charge in [-0.15, -0.1) is 22.9 Å². The standard InChI is InChI=1S/C13H21ClN2O2S2/c1-10(2)15-4-6-16(7-5-15)20(17,18)13-8-11(3)12(9-14)19-13/h8,10H,4-7,9H2,1-3H3. The van der Waals surface area contributed by atoms with E-state index < -0.39 is 10.0 Å². The molecule has 4 nitrogen and oxygen atoms in total. The van der Waals surface area contributed by atoms with Gasteiger partial charge in [0.25, 0.3) is 10.0 Å². The minimum atomic E-state index is -3.36. The zero-order chi connectivity index (χ0) is 14.9. The number of rotatable bonds is 4. The molecule has 1 aliphatic rings. The number of thiophene rings is 1. The number of sulfonamides is 1. The van der Waals surface area contributed by atoms with Gasteiger partial charge >= 0.3 is 0 Å². The summed E-state index contributed by atoms with van der Waals surface area (Å²) < 4.78 is 27.3. The van der Waals surface area contributed by atoms with E-state index in [9.17, 15) is 8.42 Å². The van der Waals surface area contributed by atoms with Gasteiger partial charge < -0.3 is 0 Å². The van der Waals surface area contributed by atoms with Gasteiger partial charge in [0.15, 0.2) is 0 Å². The number of nitrogens with zero attached hydrogens (tertiary/aromatic N) is 2. The fraction of sp³-hybridized carbons (Fsp3) is 0.692. The predicted octanol–water partition coefficient (Wildman–Crippen LogP) is 2.51. The van der Waals surface area contributed by atoms with E-state index in [0.717, 1.165) is 23.5 Å². The minimum absolute atomic E-state index is 0.368. The van der Waals surface area contributed by atoms with E-state index in [0.29, 0.717) is 29.2 Å². The van der Waals surface area contributed by atoms with Gasteiger partial charge in [-0.05, 0) is 32.4 Å². The molecule has 0 atom stereocenters. The average molecular weight is 337 g/mol. The van der Waals surface area contributed by atoms with Crippen LogP contribution in [-0.2, 0) is 15.9 Å². The highest BCUT2D eigenvalue weighted by Crippen LogP contribution is 2.30. The van der Waals surface area contributed by atoms with Crippen LogP contribution in [0.3, 0.4) is 0 Å². The molecule has 1 fully saturated rings. The lowest BCUT2D eigenvalue weighted by atomic mass is 10.3. The average Bonchev–Trinajstić information content (AvgIpc) is 2.80. The number of piperazine rings is 1. The Morgan fingerprint density at radius 1 is 1.30 bits per heavy atom. The van der Waals surface area contributed by atoms with Gasteiger partial charge in [-0.3, -0.25) is 4.90 Å². The van der Waals surface area contributed by atoms with Gasteiger partial charge in [-0.25, -0.2) is 8.42 Å². The lowest BCUT2D eigenvalue weighted by Gasteiger charge is -2.35. The minimum Gasteiger partial charge on any atom is -0.298 e. The molecule has 1 aliphatic heterocycles. The van der Waals surface area contributed by atoms with Crippen molar-refractivity contribution in [3.8, 4) is 0 Å². The van der Waals surface area contributed by atoms with Gasteiger partial charge in [0, 0.05) is 37.1 Å². The Labute approximate surface area is 130 Å². The third kappa shape index (κ3) is 3.20. The van der Waals surface area contributed by atoms with Gasteiger partial charge in [-0.2, -0.15) is 4.31 Å². The maximum atomic E-state index is 12.6. The zero-order valence-corrected chi connectivity index (χ0v) is 14.5. The molecule has 0 saturated carbocycles. The lowest BCUT2D eigenvalue weighted by Crippen LogP contribution is -2.50. The van der Waals surface area contributed by atoms with Gasteiger partial charge in [0.1, 0.15) is 4.21 Å². The largest absolute Gasteiger partial charge is 0.298 e. The van der Waals surface area contributed by atoms with Crippen LogP contribution in [0, 0.1) is 6.92 Å². The van der Waals surface area contributed by atoms with Crippen LogP contribution >= 0.6 is 22.9 Å². The van der Waals surface area contributed by atoms with Crippen LogP contribution in [0.1, 0.15) is 24.3 Å². The van der Waals surface area contributed by atoms with E-state index >= 15 is 0 Å². The normalized spacial score (nSPS) is 18.9. The Kier molecular flexibility index (Phi) is 5.13. The number of alkyl halides is 1. The molecule has 2 heterocycles. The Morgan fingerprint density at radius 3 is 2.35 bits per heavy atom. The molecule has 114 valence electrons. The maximum absolute atomic E-state index is 12.6. The van der Waals surface area contributed by atoms with Crippen LogP contribution in [0.2, 0.25) is 0 Å². The molecule has 20 heavy (non-hydrogen) atoms. The van der Waals surface area contributed by atoms with E-state index in [-0.39, 0.29) is 0 Å². The van der Waals surface area contributed by atoms with Crippen LogP contribution in [0.4, 0.5) is 0 Å². The van der Waals surface area contributed by atoms with Crippen LogP contribution in [0.15, 0.2) is 10.3 Å². The first kappa shape index (κ1) is 16.2. The summed E-state index contributed by atoms with van der Waals surface area (Å²) in [5.74, 6) is 0.368. The molecular formula is C13H21ClN2O2S2. The van der Waals surface area contributed by atoms with Crippen molar-refractivity contribution in [2.45, 2.75) is 36.9 Å². The summed E-state index contributed by atoms with van der Waals surface area (Å²) in [6.45, 7) is 8.90. The molecule has 0 spiro atoms. The summed E-state index contributed by atoms with van der Waals surface area (Å²) in [4.78, 5) is 3.24. The summed E-state index contributed by atoms with van der Waals surface area (Å²) in [7, 11) is -3.36. The van der Waals surface area contributed by atoms with Crippen LogP contribution in [0.5, 0.6) is 0 Å². The van der Waals surface area contributed by atoms with Crippen molar-refractivity contribution < 1.29 is 8.42 Å². The van der Waals surface area contributed by atoms with Crippen LogP contribution in [0.25, 0.3) is 0 Å². The lowest BCUT2D eigenvalue weighted by molar-refractivity contribution is 0.154. The summed E-state index contributed by atoms with van der Waals surface area (Å²) in [5.41, 5.74) is 0.962. The number of aryl methyl sites for hydroxylation is 1. The van der Waals surface area contributed by atoms with Gasteiger partial charge in [0.05, 0.1) is 5.88 Å². The fourth-order valence-corrected chi connectivity index (χ4v) is 5.73. The van der Waals surface area contributed by atoms with Crippen molar-refractivity contribution in [1.29, 1.82) is 0 Å². The van der Waals surface area contributed by atoms with Crippen molar-refractivity contribution in [2.24, 2.45) is 0 Å². The number of hydrogen-bond acceptors (Lipinski definition) is 4. The summed E-state index contributed by atoms with van der Waals surface area (Å²) in [6.07, 6.45) is 0. The Balaban J connectivity index is 2.15. The van der Waals surface area contributed by atoms with E-state index in [1.165, 1.54) is 11.3 Å².